The fourth-order valence-corrected chi connectivity index (χ4v) is 3.45. The van der Waals surface area contributed by atoms with Gasteiger partial charge in [0.1, 0.15) is 12.4 Å². The molecule has 2 aromatic rings. The van der Waals surface area contributed by atoms with Gasteiger partial charge in [-0.3, -0.25) is 4.79 Å². The van der Waals surface area contributed by atoms with Gasteiger partial charge >= 0.3 is 0 Å². The van der Waals surface area contributed by atoms with Gasteiger partial charge in [0, 0.05) is 41.7 Å². The molecule has 1 aliphatic rings. The summed E-state index contributed by atoms with van der Waals surface area (Å²) < 4.78 is 5.98. The standard InChI is InChI=1S/C21H24Cl2N2O2/c22-18-6-4-16(5-7-18)15-27-20-9-8-19(23)13-17(20)14-24-10-2-12-25-11-1-3-21(25)26/h4-9,13,24H,1-3,10-12,14-15H2. The maximum Gasteiger partial charge on any atom is 0.222 e. The summed E-state index contributed by atoms with van der Waals surface area (Å²) in [6.07, 6.45) is 2.63. The van der Waals surface area contributed by atoms with Crippen LogP contribution in [0.3, 0.4) is 0 Å². The smallest absolute Gasteiger partial charge is 0.222 e. The van der Waals surface area contributed by atoms with Gasteiger partial charge in [-0.25, -0.2) is 0 Å². The highest BCUT2D eigenvalue weighted by molar-refractivity contribution is 6.30. The number of hydrogen-bond donors (Lipinski definition) is 1. The number of benzene rings is 2. The third-order valence-corrected chi connectivity index (χ3v) is 5.09. The zero-order valence-corrected chi connectivity index (χ0v) is 16.7. The van der Waals surface area contributed by atoms with Crippen LogP contribution in [0.5, 0.6) is 5.75 Å². The van der Waals surface area contributed by atoms with E-state index in [1.165, 1.54) is 0 Å². The summed E-state index contributed by atoms with van der Waals surface area (Å²) in [5.74, 6) is 1.10. The molecule has 4 nitrogen and oxygen atoms in total. The molecule has 1 saturated heterocycles. The van der Waals surface area contributed by atoms with E-state index >= 15 is 0 Å². The van der Waals surface area contributed by atoms with Crippen molar-refractivity contribution in [2.75, 3.05) is 19.6 Å². The molecule has 1 amide bonds. The van der Waals surface area contributed by atoms with Gasteiger partial charge < -0.3 is 15.0 Å². The molecule has 0 radical (unpaired) electrons. The van der Waals surface area contributed by atoms with E-state index in [4.69, 9.17) is 27.9 Å². The molecule has 27 heavy (non-hydrogen) atoms. The average Bonchev–Trinajstić information content (AvgIpc) is 3.07. The number of rotatable bonds is 9. The van der Waals surface area contributed by atoms with Crippen LogP contribution in [0.15, 0.2) is 42.5 Å². The molecule has 1 aliphatic heterocycles. The first-order chi connectivity index (χ1) is 13.1. The summed E-state index contributed by atoms with van der Waals surface area (Å²) in [5.41, 5.74) is 2.08. The van der Waals surface area contributed by atoms with E-state index in [-0.39, 0.29) is 5.91 Å². The van der Waals surface area contributed by atoms with Crippen molar-refractivity contribution in [3.05, 3.63) is 63.6 Å². The Balaban J connectivity index is 1.48. The van der Waals surface area contributed by atoms with Crippen molar-refractivity contribution < 1.29 is 9.53 Å². The quantitative estimate of drug-likeness (QED) is 0.614. The van der Waals surface area contributed by atoms with Gasteiger partial charge in [-0.1, -0.05) is 35.3 Å². The Morgan fingerprint density at radius 3 is 2.59 bits per heavy atom. The third kappa shape index (κ3) is 6.13. The Morgan fingerprint density at radius 2 is 1.85 bits per heavy atom. The normalized spacial score (nSPS) is 14.0. The van der Waals surface area contributed by atoms with Crippen LogP contribution < -0.4 is 10.1 Å². The number of likely N-dealkylation sites (tertiary alicyclic amines) is 1. The molecule has 3 rings (SSSR count). The largest absolute Gasteiger partial charge is 0.489 e. The maximum absolute atomic E-state index is 11.6. The van der Waals surface area contributed by atoms with Gasteiger partial charge in [0.05, 0.1) is 0 Å². The molecule has 0 aliphatic carbocycles. The van der Waals surface area contributed by atoms with E-state index in [2.05, 4.69) is 5.32 Å². The second-order valence-corrected chi connectivity index (χ2v) is 7.55. The Labute approximate surface area is 170 Å². The van der Waals surface area contributed by atoms with Crippen LogP contribution in [0, 0.1) is 0 Å². The van der Waals surface area contributed by atoms with Crippen molar-refractivity contribution in [3.8, 4) is 5.75 Å². The molecule has 0 bridgehead atoms. The number of halogens is 2. The highest BCUT2D eigenvalue weighted by Crippen LogP contribution is 2.24. The van der Waals surface area contributed by atoms with Gasteiger partial charge in [0.25, 0.3) is 0 Å². The lowest BCUT2D eigenvalue weighted by Gasteiger charge is -2.16. The van der Waals surface area contributed by atoms with Crippen LogP contribution in [0.25, 0.3) is 0 Å². The molecule has 6 heteroatoms. The van der Waals surface area contributed by atoms with E-state index in [9.17, 15) is 4.79 Å². The van der Waals surface area contributed by atoms with E-state index in [1.54, 1.807) is 0 Å². The van der Waals surface area contributed by atoms with Gasteiger partial charge in [0.15, 0.2) is 0 Å². The van der Waals surface area contributed by atoms with Crippen LogP contribution in [-0.2, 0) is 17.9 Å². The van der Waals surface area contributed by atoms with Crippen molar-refractivity contribution in [3.63, 3.8) is 0 Å². The molecular formula is C21H24Cl2N2O2. The van der Waals surface area contributed by atoms with Gasteiger partial charge in [-0.05, 0) is 55.3 Å². The number of amides is 1. The van der Waals surface area contributed by atoms with Crippen molar-refractivity contribution in [1.82, 2.24) is 10.2 Å². The molecule has 1 fully saturated rings. The molecular weight excluding hydrogens is 383 g/mol. The van der Waals surface area contributed by atoms with Gasteiger partial charge in [0.2, 0.25) is 5.91 Å². The minimum Gasteiger partial charge on any atom is -0.489 e. The number of carbonyl (C=O) groups excluding carboxylic acids is 1. The second-order valence-electron chi connectivity index (χ2n) is 6.68. The zero-order valence-electron chi connectivity index (χ0n) is 15.2. The lowest BCUT2D eigenvalue weighted by Crippen LogP contribution is -2.28. The van der Waals surface area contributed by atoms with Gasteiger partial charge in [-0.15, -0.1) is 0 Å². The highest BCUT2D eigenvalue weighted by atomic mass is 35.5. The van der Waals surface area contributed by atoms with E-state index in [1.807, 2.05) is 47.4 Å². The number of carbonyl (C=O) groups is 1. The molecule has 0 spiro atoms. The summed E-state index contributed by atoms with van der Waals surface area (Å²) in [4.78, 5) is 13.6. The van der Waals surface area contributed by atoms with Crippen LogP contribution in [0.1, 0.15) is 30.4 Å². The molecule has 1 N–H and O–H groups in total. The number of ether oxygens (including phenoxy) is 1. The molecule has 2 aromatic carbocycles. The Morgan fingerprint density at radius 1 is 1.07 bits per heavy atom. The first-order valence-corrected chi connectivity index (χ1v) is 10.0. The Hall–Kier alpha value is -1.75. The predicted molar refractivity (Wildman–Crippen MR) is 109 cm³/mol. The summed E-state index contributed by atoms with van der Waals surface area (Å²) >= 11 is 12.1. The van der Waals surface area contributed by atoms with Crippen LogP contribution in [0.2, 0.25) is 10.0 Å². The molecule has 1 heterocycles. The van der Waals surface area contributed by atoms with Crippen molar-refractivity contribution in [2.45, 2.75) is 32.4 Å². The summed E-state index contributed by atoms with van der Waals surface area (Å²) in [7, 11) is 0. The van der Waals surface area contributed by atoms with E-state index in [0.717, 1.165) is 49.4 Å². The van der Waals surface area contributed by atoms with Crippen LogP contribution in [-0.4, -0.2) is 30.4 Å². The molecule has 0 saturated carbocycles. The Bertz CT molecular complexity index is 765. The fourth-order valence-electron chi connectivity index (χ4n) is 3.13. The monoisotopic (exact) mass is 406 g/mol. The second kappa shape index (κ2) is 9.98. The molecule has 144 valence electrons. The SMILES string of the molecule is O=C1CCCN1CCCNCc1cc(Cl)ccc1OCc1ccc(Cl)cc1. The lowest BCUT2D eigenvalue weighted by atomic mass is 10.2. The van der Waals surface area contributed by atoms with Crippen LogP contribution in [0.4, 0.5) is 0 Å². The number of nitrogens with zero attached hydrogens (tertiary/aromatic N) is 1. The minimum atomic E-state index is 0.280. The molecule has 0 atom stereocenters. The van der Waals surface area contributed by atoms with Gasteiger partial charge in [-0.2, -0.15) is 0 Å². The maximum atomic E-state index is 11.6. The summed E-state index contributed by atoms with van der Waals surface area (Å²) in [5, 5.41) is 4.82. The van der Waals surface area contributed by atoms with E-state index < -0.39 is 0 Å². The Kier molecular flexibility index (Phi) is 7.39. The van der Waals surface area contributed by atoms with E-state index in [0.29, 0.717) is 29.6 Å². The summed E-state index contributed by atoms with van der Waals surface area (Å²) in [6, 6.07) is 13.3. The zero-order chi connectivity index (χ0) is 19.1. The third-order valence-electron chi connectivity index (χ3n) is 4.60. The number of nitrogens with one attached hydrogen (secondary N) is 1. The fraction of sp³-hybridized carbons (Fsp3) is 0.381. The summed E-state index contributed by atoms with van der Waals surface area (Å²) in [6.45, 7) is 3.71. The molecule has 0 aromatic heterocycles. The highest BCUT2D eigenvalue weighted by Gasteiger charge is 2.18. The van der Waals surface area contributed by atoms with Crippen molar-refractivity contribution in [1.29, 1.82) is 0 Å². The first kappa shape index (κ1) is 20.0. The minimum absolute atomic E-state index is 0.280. The van der Waals surface area contributed by atoms with Crippen molar-refractivity contribution >= 4 is 29.1 Å². The molecule has 0 unspecified atom stereocenters. The van der Waals surface area contributed by atoms with Crippen LogP contribution >= 0.6 is 23.2 Å². The van der Waals surface area contributed by atoms with Crippen molar-refractivity contribution in [2.24, 2.45) is 0 Å². The number of hydrogen-bond acceptors (Lipinski definition) is 3. The average molecular weight is 407 g/mol. The topological polar surface area (TPSA) is 41.6 Å². The predicted octanol–water partition coefficient (Wildman–Crippen LogP) is 4.67. The lowest BCUT2D eigenvalue weighted by molar-refractivity contribution is -0.127. The first-order valence-electron chi connectivity index (χ1n) is 9.26.